The number of pyridine rings is 1. The summed E-state index contributed by atoms with van der Waals surface area (Å²) >= 11 is 0. The highest BCUT2D eigenvalue weighted by molar-refractivity contribution is 5.88. The number of aliphatic carboxylic acids is 1. The highest BCUT2D eigenvalue weighted by atomic mass is 16.5. The van der Waals surface area contributed by atoms with Gasteiger partial charge in [-0.25, -0.2) is 0 Å². The standard InChI is InChI=1S/C29H24N2O3/c32-29(33)15-25-19-31(18-21-8-10-23(11-9-21)24-7-4-14-30-17-24)28-13-12-26(16-27(25)28)34-20-22-5-2-1-3-6-22/h1-14,16-17,19H,15,18,20H2,(H,32,33). The minimum Gasteiger partial charge on any atom is -0.489 e. The van der Waals surface area contributed by atoms with Crippen LogP contribution in [0.1, 0.15) is 16.7 Å². The fourth-order valence-corrected chi connectivity index (χ4v) is 4.15. The van der Waals surface area contributed by atoms with Crippen molar-refractivity contribution < 1.29 is 14.6 Å². The Labute approximate surface area is 197 Å². The smallest absolute Gasteiger partial charge is 0.307 e. The predicted molar refractivity (Wildman–Crippen MR) is 133 cm³/mol. The first-order chi connectivity index (χ1) is 16.7. The molecule has 0 aliphatic carbocycles. The summed E-state index contributed by atoms with van der Waals surface area (Å²) in [6.07, 6.45) is 5.52. The molecule has 0 saturated heterocycles. The Hall–Kier alpha value is -4.38. The van der Waals surface area contributed by atoms with E-state index in [2.05, 4.69) is 33.8 Å². The van der Waals surface area contributed by atoms with E-state index in [0.29, 0.717) is 13.2 Å². The zero-order valence-electron chi connectivity index (χ0n) is 18.6. The average Bonchev–Trinajstić information content (AvgIpc) is 3.20. The molecule has 2 aromatic heterocycles. The van der Waals surface area contributed by atoms with Crippen LogP contribution in [0.15, 0.2) is 104 Å². The number of carbonyl (C=O) groups is 1. The van der Waals surface area contributed by atoms with Gasteiger partial charge in [0.2, 0.25) is 0 Å². The van der Waals surface area contributed by atoms with Gasteiger partial charge in [-0.05, 0) is 52.1 Å². The van der Waals surface area contributed by atoms with Crippen molar-refractivity contribution >= 4 is 16.9 Å². The van der Waals surface area contributed by atoms with Crippen molar-refractivity contribution in [2.75, 3.05) is 0 Å². The number of carboxylic acid groups (broad SMARTS) is 1. The van der Waals surface area contributed by atoms with Crippen LogP contribution in [0.4, 0.5) is 0 Å². The second kappa shape index (κ2) is 9.63. The Morgan fingerprint density at radius 1 is 0.882 bits per heavy atom. The zero-order valence-corrected chi connectivity index (χ0v) is 18.6. The van der Waals surface area contributed by atoms with Crippen LogP contribution in [0.25, 0.3) is 22.0 Å². The third-order valence-electron chi connectivity index (χ3n) is 5.83. The molecule has 0 unspecified atom stereocenters. The Balaban J connectivity index is 1.41. The SMILES string of the molecule is O=C(O)Cc1cn(Cc2ccc(-c3cccnc3)cc2)c2ccc(OCc3ccccc3)cc12. The lowest BCUT2D eigenvalue weighted by Gasteiger charge is -2.09. The van der Waals surface area contributed by atoms with Crippen molar-refractivity contribution in [1.82, 2.24) is 9.55 Å². The molecule has 5 rings (SSSR count). The molecule has 0 spiro atoms. The van der Waals surface area contributed by atoms with Gasteiger partial charge in [-0.1, -0.05) is 60.7 Å². The third kappa shape index (κ3) is 4.84. The zero-order chi connectivity index (χ0) is 23.3. The maximum absolute atomic E-state index is 11.5. The molecule has 5 nitrogen and oxygen atoms in total. The number of rotatable bonds is 8. The summed E-state index contributed by atoms with van der Waals surface area (Å²) in [7, 11) is 0. The summed E-state index contributed by atoms with van der Waals surface area (Å²) in [6.45, 7) is 1.11. The van der Waals surface area contributed by atoms with Crippen LogP contribution in [0, 0.1) is 0 Å². The second-order valence-electron chi connectivity index (χ2n) is 8.24. The van der Waals surface area contributed by atoms with Crippen molar-refractivity contribution in [1.29, 1.82) is 0 Å². The fraction of sp³-hybridized carbons (Fsp3) is 0.103. The Bertz CT molecular complexity index is 1410. The van der Waals surface area contributed by atoms with Gasteiger partial charge in [0.25, 0.3) is 0 Å². The molecule has 0 aliphatic rings. The maximum Gasteiger partial charge on any atom is 0.307 e. The van der Waals surface area contributed by atoms with Crippen molar-refractivity contribution in [2.24, 2.45) is 0 Å². The van der Waals surface area contributed by atoms with Crippen molar-refractivity contribution in [2.45, 2.75) is 19.6 Å². The molecule has 34 heavy (non-hydrogen) atoms. The van der Waals surface area contributed by atoms with Crippen LogP contribution in [-0.4, -0.2) is 20.6 Å². The topological polar surface area (TPSA) is 64.3 Å². The molecule has 5 heteroatoms. The van der Waals surface area contributed by atoms with E-state index < -0.39 is 5.97 Å². The highest BCUT2D eigenvalue weighted by Gasteiger charge is 2.13. The largest absolute Gasteiger partial charge is 0.489 e. The van der Waals surface area contributed by atoms with Gasteiger partial charge in [-0.3, -0.25) is 9.78 Å². The van der Waals surface area contributed by atoms with Gasteiger partial charge < -0.3 is 14.4 Å². The molecule has 0 bridgehead atoms. The third-order valence-corrected chi connectivity index (χ3v) is 5.83. The van der Waals surface area contributed by atoms with Gasteiger partial charge in [-0.2, -0.15) is 0 Å². The number of nitrogens with zero attached hydrogens (tertiary/aromatic N) is 2. The predicted octanol–water partition coefficient (Wildman–Crippen LogP) is 5.96. The van der Waals surface area contributed by atoms with E-state index >= 15 is 0 Å². The minimum absolute atomic E-state index is 0.0361. The highest BCUT2D eigenvalue weighted by Crippen LogP contribution is 2.28. The first-order valence-electron chi connectivity index (χ1n) is 11.2. The minimum atomic E-state index is -0.851. The van der Waals surface area contributed by atoms with Crippen LogP contribution >= 0.6 is 0 Å². The van der Waals surface area contributed by atoms with Crippen LogP contribution in [0.3, 0.4) is 0 Å². The molecule has 0 aliphatic heterocycles. The Morgan fingerprint density at radius 2 is 1.71 bits per heavy atom. The average molecular weight is 449 g/mol. The number of aromatic nitrogens is 2. The molecule has 0 saturated carbocycles. The summed E-state index contributed by atoms with van der Waals surface area (Å²) in [6, 6.07) is 28.2. The van der Waals surface area contributed by atoms with Gasteiger partial charge in [0.15, 0.2) is 0 Å². The Kier molecular flexibility index (Phi) is 6.08. The number of hydrogen-bond donors (Lipinski definition) is 1. The van der Waals surface area contributed by atoms with Gasteiger partial charge >= 0.3 is 5.97 Å². The second-order valence-corrected chi connectivity index (χ2v) is 8.24. The van der Waals surface area contributed by atoms with Gasteiger partial charge in [0.05, 0.1) is 6.42 Å². The number of hydrogen-bond acceptors (Lipinski definition) is 3. The Morgan fingerprint density at radius 3 is 2.44 bits per heavy atom. The van der Waals surface area contributed by atoms with Crippen LogP contribution in [-0.2, 0) is 24.4 Å². The molecule has 0 fully saturated rings. The number of benzene rings is 3. The van der Waals surface area contributed by atoms with E-state index in [1.165, 1.54) is 0 Å². The normalized spacial score (nSPS) is 10.9. The molecule has 0 amide bonds. The molecular formula is C29H24N2O3. The number of carboxylic acids is 1. The van der Waals surface area contributed by atoms with E-state index in [-0.39, 0.29) is 6.42 Å². The molecule has 1 N–H and O–H groups in total. The first kappa shape index (κ1) is 21.5. The number of fused-ring (bicyclic) bond motifs is 1. The van der Waals surface area contributed by atoms with Gasteiger partial charge in [0.1, 0.15) is 12.4 Å². The monoisotopic (exact) mass is 448 g/mol. The molecule has 5 aromatic rings. The van der Waals surface area contributed by atoms with Gasteiger partial charge in [-0.15, -0.1) is 0 Å². The summed E-state index contributed by atoms with van der Waals surface area (Å²) < 4.78 is 8.09. The van der Waals surface area contributed by atoms with E-state index in [1.807, 2.05) is 73.1 Å². The van der Waals surface area contributed by atoms with Crippen LogP contribution < -0.4 is 4.74 Å². The van der Waals surface area contributed by atoms with Crippen LogP contribution in [0.5, 0.6) is 5.75 Å². The lowest BCUT2D eigenvalue weighted by atomic mass is 10.1. The summed E-state index contributed by atoms with van der Waals surface area (Å²) in [4.78, 5) is 15.7. The van der Waals surface area contributed by atoms with Crippen molar-refractivity contribution in [3.8, 4) is 16.9 Å². The first-order valence-corrected chi connectivity index (χ1v) is 11.2. The molecule has 0 atom stereocenters. The quantitative estimate of drug-likeness (QED) is 0.318. The maximum atomic E-state index is 11.5. The fourth-order valence-electron chi connectivity index (χ4n) is 4.15. The molecular weight excluding hydrogens is 424 g/mol. The van der Waals surface area contributed by atoms with E-state index in [4.69, 9.17) is 4.74 Å². The van der Waals surface area contributed by atoms with E-state index in [0.717, 1.165) is 44.5 Å². The summed E-state index contributed by atoms with van der Waals surface area (Å²) in [5, 5.41) is 10.3. The summed E-state index contributed by atoms with van der Waals surface area (Å²) in [5.41, 5.74) is 6.17. The summed E-state index contributed by atoms with van der Waals surface area (Å²) in [5.74, 6) is -0.128. The van der Waals surface area contributed by atoms with E-state index in [1.54, 1.807) is 6.20 Å². The molecule has 0 radical (unpaired) electrons. The van der Waals surface area contributed by atoms with Crippen molar-refractivity contribution in [3.63, 3.8) is 0 Å². The van der Waals surface area contributed by atoms with Gasteiger partial charge in [0, 0.05) is 36.0 Å². The molecule has 2 heterocycles. The lowest BCUT2D eigenvalue weighted by molar-refractivity contribution is -0.136. The molecule has 3 aromatic carbocycles. The molecule has 168 valence electrons. The van der Waals surface area contributed by atoms with Crippen molar-refractivity contribution in [3.05, 3.63) is 120 Å². The van der Waals surface area contributed by atoms with E-state index in [9.17, 15) is 9.90 Å². The number of ether oxygens (including phenoxy) is 1. The van der Waals surface area contributed by atoms with Crippen LogP contribution in [0.2, 0.25) is 0 Å². The lowest BCUT2D eigenvalue weighted by Crippen LogP contribution is -2.00.